The van der Waals surface area contributed by atoms with Crippen LogP contribution in [0.1, 0.15) is 30.0 Å². The Labute approximate surface area is 96.1 Å². The van der Waals surface area contributed by atoms with Crippen LogP contribution >= 0.6 is 11.3 Å². The highest BCUT2D eigenvalue weighted by atomic mass is 32.1. The van der Waals surface area contributed by atoms with Gasteiger partial charge in [0.25, 0.3) is 0 Å². The third kappa shape index (κ3) is 5.46. The van der Waals surface area contributed by atoms with Crippen molar-refractivity contribution in [3.05, 3.63) is 16.1 Å². The van der Waals surface area contributed by atoms with Gasteiger partial charge in [0.2, 0.25) is 0 Å². The first kappa shape index (κ1) is 13.4. The molecule has 92 valence electrons. The van der Waals surface area contributed by atoms with E-state index in [2.05, 4.69) is 4.98 Å². The highest BCUT2D eigenvalue weighted by molar-refractivity contribution is 7.09. The first-order valence-electron chi connectivity index (χ1n) is 5.02. The first-order valence-corrected chi connectivity index (χ1v) is 5.90. The molecule has 16 heavy (non-hydrogen) atoms. The van der Waals surface area contributed by atoms with Crippen LogP contribution in [0.4, 0.5) is 13.2 Å². The van der Waals surface area contributed by atoms with Crippen molar-refractivity contribution in [1.29, 1.82) is 0 Å². The van der Waals surface area contributed by atoms with Crippen LogP contribution in [0.15, 0.2) is 5.38 Å². The van der Waals surface area contributed by atoms with Gasteiger partial charge in [-0.15, -0.1) is 11.3 Å². The predicted octanol–water partition coefficient (Wildman–Crippen LogP) is 3.09. The average molecular weight is 253 g/mol. The van der Waals surface area contributed by atoms with Crippen LogP contribution in [-0.2, 0) is 6.42 Å². The molecule has 0 aromatic carbocycles. The molecule has 0 spiro atoms. The number of aliphatic hydroxyl groups excluding tert-OH is 1. The molecule has 1 unspecified atom stereocenters. The summed E-state index contributed by atoms with van der Waals surface area (Å²) < 4.78 is 35.5. The summed E-state index contributed by atoms with van der Waals surface area (Å²) in [4.78, 5) is 4.14. The molecule has 0 aliphatic carbocycles. The van der Waals surface area contributed by atoms with Crippen LogP contribution in [0, 0.1) is 6.92 Å². The summed E-state index contributed by atoms with van der Waals surface area (Å²) in [6.07, 6.45) is -5.23. The summed E-state index contributed by atoms with van der Waals surface area (Å²) in [5.41, 5.74) is 0.752. The lowest BCUT2D eigenvalue weighted by molar-refractivity contribution is -0.136. The van der Waals surface area contributed by atoms with Crippen molar-refractivity contribution in [2.75, 3.05) is 0 Å². The molecule has 0 bridgehead atoms. The largest absolute Gasteiger partial charge is 0.393 e. The lowest BCUT2D eigenvalue weighted by atomic mass is 10.1. The van der Waals surface area contributed by atoms with Gasteiger partial charge in [0.1, 0.15) is 0 Å². The molecule has 0 radical (unpaired) electrons. The molecule has 1 atom stereocenters. The second-order valence-corrected chi connectivity index (χ2v) is 4.79. The van der Waals surface area contributed by atoms with E-state index >= 15 is 0 Å². The molecule has 1 aromatic rings. The van der Waals surface area contributed by atoms with Crippen molar-refractivity contribution >= 4 is 11.3 Å². The summed E-state index contributed by atoms with van der Waals surface area (Å²) in [5, 5.41) is 12.2. The number of rotatable bonds is 5. The molecule has 1 heterocycles. The van der Waals surface area contributed by atoms with E-state index in [0.29, 0.717) is 6.42 Å². The third-order valence-corrected chi connectivity index (χ3v) is 2.93. The lowest BCUT2D eigenvalue weighted by Gasteiger charge is -2.10. The maximum atomic E-state index is 11.8. The number of thiazole rings is 1. The van der Waals surface area contributed by atoms with Crippen LogP contribution in [0.25, 0.3) is 0 Å². The number of hydrogen-bond acceptors (Lipinski definition) is 3. The summed E-state index contributed by atoms with van der Waals surface area (Å²) in [6, 6.07) is 0. The van der Waals surface area contributed by atoms with Crippen LogP contribution in [-0.4, -0.2) is 22.4 Å². The Kier molecular flexibility index (Phi) is 4.73. The van der Waals surface area contributed by atoms with E-state index in [-0.39, 0.29) is 12.8 Å². The Morgan fingerprint density at radius 3 is 2.69 bits per heavy atom. The van der Waals surface area contributed by atoms with Crippen LogP contribution in [0.3, 0.4) is 0 Å². The van der Waals surface area contributed by atoms with E-state index in [1.165, 1.54) is 11.3 Å². The quantitative estimate of drug-likeness (QED) is 0.874. The molecule has 0 fully saturated rings. The Morgan fingerprint density at radius 1 is 1.50 bits per heavy atom. The fraction of sp³-hybridized carbons (Fsp3) is 0.700. The minimum Gasteiger partial charge on any atom is -0.393 e. The van der Waals surface area contributed by atoms with Gasteiger partial charge < -0.3 is 5.11 Å². The van der Waals surface area contributed by atoms with E-state index < -0.39 is 18.7 Å². The predicted molar refractivity (Wildman–Crippen MR) is 56.5 cm³/mol. The highest BCUT2D eigenvalue weighted by Crippen LogP contribution is 2.23. The second kappa shape index (κ2) is 5.63. The Balaban J connectivity index is 2.23. The molecule has 6 heteroatoms. The first-order chi connectivity index (χ1) is 7.37. The van der Waals surface area contributed by atoms with Gasteiger partial charge in [-0.2, -0.15) is 13.2 Å². The number of aromatic nitrogens is 1. The monoisotopic (exact) mass is 253 g/mol. The number of aliphatic hydroxyl groups is 1. The average Bonchev–Trinajstić information content (AvgIpc) is 2.48. The van der Waals surface area contributed by atoms with Crippen molar-refractivity contribution in [3.8, 4) is 0 Å². The minimum atomic E-state index is -4.13. The number of alkyl halides is 3. The van der Waals surface area contributed by atoms with Gasteiger partial charge in [0.05, 0.1) is 16.8 Å². The van der Waals surface area contributed by atoms with Crippen molar-refractivity contribution in [2.24, 2.45) is 0 Å². The summed E-state index contributed by atoms with van der Waals surface area (Å²) in [7, 11) is 0. The van der Waals surface area contributed by atoms with Crippen LogP contribution < -0.4 is 0 Å². The zero-order chi connectivity index (χ0) is 12.2. The number of halogens is 3. The normalized spacial score (nSPS) is 14.1. The molecule has 1 aromatic heterocycles. The Hall–Kier alpha value is -0.620. The SMILES string of the molecule is Cc1nc(CC(O)CCCC(F)(F)F)cs1. The van der Waals surface area contributed by atoms with Gasteiger partial charge in [-0.25, -0.2) is 4.98 Å². The summed E-state index contributed by atoms with van der Waals surface area (Å²) >= 11 is 1.47. The third-order valence-electron chi connectivity index (χ3n) is 2.11. The van der Waals surface area contributed by atoms with Gasteiger partial charge in [-0.05, 0) is 19.8 Å². The van der Waals surface area contributed by atoms with Gasteiger partial charge in [0, 0.05) is 18.2 Å². The topological polar surface area (TPSA) is 33.1 Å². The van der Waals surface area contributed by atoms with Crippen molar-refractivity contribution < 1.29 is 18.3 Å². The van der Waals surface area contributed by atoms with E-state index in [1.807, 2.05) is 12.3 Å². The zero-order valence-electron chi connectivity index (χ0n) is 8.92. The molecule has 0 aliphatic rings. The van der Waals surface area contributed by atoms with E-state index in [1.54, 1.807) is 0 Å². The standard InChI is InChI=1S/C10H14F3NOS/c1-7-14-8(6-16-7)5-9(15)3-2-4-10(11,12)13/h6,9,15H,2-5H2,1H3. The molecular weight excluding hydrogens is 239 g/mol. The fourth-order valence-electron chi connectivity index (χ4n) is 1.38. The molecule has 0 aliphatic heterocycles. The smallest absolute Gasteiger partial charge is 0.389 e. The molecular formula is C10H14F3NOS. The molecule has 0 amide bonds. The van der Waals surface area contributed by atoms with Crippen molar-refractivity contribution in [3.63, 3.8) is 0 Å². The second-order valence-electron chi connectivity index (χ2n) is 3.72. The maximum absolute atomic E-state index is 11.8. The molecule has 0 saturated carbocycles. The maximum Gasteiger partial charge on any atom is 0.389 e. The van der Waals surface area contributed by atoms with Crippen molar-refractivity contribution in [1.82, 2.24) is 4.98 Å². The summed E-state index contributed by atoms with van der Waals surface area (Å²) in [6.45, 7) is 1.85. The minimum absolute atomic E-state index is 0.0339. The number of aryl methyl sites for hydroxylation is 1. The van der Waals surface area contributed by atoms with Gasteiger partial charge in [-0.3, -0.25) is 0 Å². The van der Waals surface area contributed by atoms with Crippen LogP contribution in [0.5, 0.6) is 0 Å². The van der Waals surface area contributed by atoms with E-state index in [9.17, 15) is 18.3 Å². The number of hydrogen-bond donors (Lipinski definition) is 1. The van der Waals surface area contributed by atoms with E-state index in [0.717, 1.165) is 10.7 Å². The molecule has 1 N–H and O–H groups in total. The van der Waals surface area contributed by atoms with Gasteiger partial charge in [-0.1, -0.05) is 0 Å². The van der Waals surface area contributed by atoms with Gasteiger partial charge in [0.15, 0.2) is 0 Å². The van der Waals surface area contributed by atoms with E-state index in [4.69, 9.17) is 0 Å². The highest BCUT2D eigenvalue weighted by Gasteiger charge is 2.26. The molecule has 0 saturated heterocycles. The lowest BCUT2D eigenvalue weighted by Crippen LogP contribution is -2.13. The van der Waals surface area contributed by atoms with Crippen molar-refractivity contribution in [2.45, 2.75) is 44.9 Å². The summed E-state index contributed by atoms with van der Waals surface area (Å²) in [5.74, 6) is 0. The number of nitrogens with zero attached hydrogens (tertiary/aromatic N) is 1. The van der Waals surface area contributed by atoms with Crippen LogP contribution in [0.2, 0.25) is 0 Å². The Bertz CT molecular complexity index is 324. The van der Waals surface area contributed by atoms with Gasteiger partial charge >= 0.3 is 6.18 Å². The fourth-order valence-corrected chi connectivity index (χ4v) is 2.01. The Morgan fingerprint density at radius 2 is 2.19 bits per heavy atom. The zero-order valence-corrected chi connectivity index (χ0v) is 9.74. The molecule has 1 rings (SSSR count). The molecule has 2 nitrogen and oxygen atoms in total.